The number of aryl methyl sites for hydroxylation is 1. The molecule has 0 fully saturated rings. The van der Waals surface area contributed by atoms with Crippen molar-refractivity contribution >= 4 is 34.6 Å². The molecule has 0 saturated heterocycles. The summed E-state index contributed by atoms with van der Waals surface area (Å²) in [6.45, 7) is 4.17. The zero-order chi connectivity index (χ0) is 24.1. The van der Waals surface area contributed by atoms with Gasteiger partial charge in [0.25, 0.3) is 11.5 Å². The first-order valence-corrected chi connectivity index (χ1v) is 11.1. The molecule has 172 valence electrons. The molecule has 0 saturated carbocycles. The molecule has 4 aromatic rings. The number of pyridine rings is 2. The molecule has 34 heavy (non-hydrogen) atoms. The van der Waals surface area contributed by atoms with Crippen LogP contribution in [-0.4, -0.2) is 32.4 Å². The van der Waals surface area contributed by atoms with E-state index in [4.69, 9.17) is 4.74 Å². The van der Waals surface area contributed by atoms with Crippen molar-refractivity contribution in [3.63, 3.8) is 0 Å². The van der Waals surface area contributed by atoms with E-state index in [1.54, 1.807) is 42.0 Å². The average molecular weight is 457 g/mol. The Morgan fingerprint density at radius 1 is 1.09 bits per heavy atom. The normalized spacial score (nSPS) is 12.0. The summed E-state index contributed by atoms with van der Waals surface area (Å²) < 4.78 is 8.28. The van der Waals surface area contributed by atoms with E-state index in [1.807, 2.05) is 37.3 Å². The largest absolute Gasteiger partial charge is 0.462 e. The highest BCUT2D eigenvalue weighted by atomic mass is 16.5. The molecular weight excluding hydrogens is 432 g/mol. The maximum atomic E-state index is 13.2. The first kappa shape index (κ1) is 22.8. The van der Waals surface area contributed by atoms with Crippen LogP contribution in [0.2, 0.25) is 0 Å². The molecule has 8 nitrogen and oxygen atoms in total. The van der Waals surface area contributed by atoms with Crippen molar-refractivity contribution in [3.8, 4) is 0 Å². The third-order valence-corrected chi connectivity index (χ3v) is 5.17. The quantitative estimate of drug-likeness (QED) is 0.252. The predicted molar refractivity (Wildman–Crippen MR) is 129 cm³/mol. The van der Waals surface area contributed by atoms with E-state index in [0.29, 0.717) is 24.3 Å². The van der Waals surface area contributed by atoms with Gasteiger partial charge in [-0.1, -0.05) is 43.3 Å². The van der Waals surface area contributed by atoms with Crippen LogP contribution in [0.25, 0.3) is 22.8 Å². The summed E-state index contributed by atoms with van der Waals surface area (Å²) in [6.07, 6.45) is 5.28. The number of carbonyl (C=O) groups excluding carboxylic acids is 2. The average Bonchev–Trinajstić information content (AvgIpc) is 2.85. The smallest absolute Gasteiger partial charge is 0.341 e. The number of ether oxygens (including phenoxy) is 1. The van der Waals surface area contributed by atoms with E-state index < -0.39 is 11.9 Å². The molecule has 0 unspecified atom stereocenters. The van der Waals surface area contributed by atoms with Crippen molar-refractivity contribution < 1.29 is 14.3 Å². The summed E-state index contributed by atoms with van der Waals surface area (Å²) in [5, 5.41) is 0.242. The molecule has 0 spiro atoms. The fourth-order valence-electron chi connectivity index (χ4n) is 3.67. The minimum Gasteiger partial charge on any atom is -0.462 e. The number of hydrogen-bond acceptors (Lipinski definition) is 5. The topological polar surface area (TPSA) is 95.0 Å². The van der Waals surface area contributed by atoms with Crippen LogP contribution in [0.3, 0.4) is 0 Å². The number of rotatable bonds is 6. The zero-order valence-electron chi connectivity index (χ0n) is 19.0. The molecule has 0 aliphatic rings. The van der Waals surface area contributed by atoms with E-state index in [0.717, 1.165) is 5.56 Å². The second-order valence-electron chi connectivity index (χ2n) is 7.53. The number of aromatic nitrogens is 3. The summed E-state index contributed by atoms with van der Waals surface area (Å²) >= 11 is 0. The highest BCUT2D eigenvalue weighted by molar-refractivity contribution is 5.95. The molecule has 0 bridgehead atoms. The number of benzene rings is 1. The molecule has 8 heteroatoms. The SMILES string of the molecule is CCCn1c(=NC(=O)C=Cc2ccccc2)c(C(=O)OCC)cc2c(=O)n3ccccc3nc21. The van der Waals surface area contributed by atoms with Gasteiger partial charge >= 0.3 is 5.97 Å². The van der Waals surface area contributed by atoms with E-state index in [9.17, 15) is 14.4 Å². The fraction of sp³-hybridized carbons (Fsp3) is 0.192. The van der Waals surface area contributed by atoms with Gasteiger partial charge in [0.2, 0.25) is 0 Å². The second-order valence-corrected chi connectivity index (χ2v) is 7.53. The second kappa shape index (κ2) is 10.1. The zero-order valence-corrected chi connectivity index (χ0v) is 19.0. The van der Waals surface area contributed by atoms with Gasteiger partial charge in [-0.3, -0.25) is 14.0 Å². The van der Waals surface area contributed by atoms with E-state index in [1.165, 1.54) is 16.5 Å². The molecule has 3 aromatic heterocycles. The van der Waals surface area contributed by atoms with Crippen molar-refractivity contribution in [2.24, 2.45) is 4.99 Å². The standard InChI is InChI=1S/C26H24N4O4/c1-3-15-30-23-19(25(32)29-16-9-8-12-21(29)27-23)17-20(26(33)34-4-2)24(30)28-22(31)14-13-18-10-6-5-7-11-18/h5-14,16-17H,3-4,15H2,1-2H3. The maximum Gasteiger partial charge on any atom is 0.341 e. The molecule has 1 aromatic carbocycles. The van der Waals surface area contributed by atoms with Gasteiger partial charge in [0.15, 0.2) is 5.49 Å². The highest BCUT2D eigenvalue weighted by Gasteiger charge is 2.19. The minimum atomic E-state index is -0.662. The first-order chi connectivity index (χ1) is 16.5. The van der Waals surface area contributed by atoms with Gasteiger partial charge in [-0.05, 0) is 43.2 Å². The number of carbonyl (C=O) groups is 2. The van der Waals surface area contributed by atoms with Gasteiger partial charge in [0.1, 0.15) is 16.9 Å². The summed E-state index contributed by atoms with van der Waals surface area (Å²) in [6, 6.07) is 16.0. The van der Waals surface area contributed by atoms with Gasteiger partial charge < -0.3 is 9.30 Å². The molecule has 0 radical (unpaired) electrons. The highest BCUT2D eigenvalue weighted by Crippen LogP contribution is 2.12. The van der Waals surface area contributed by atoms with Crippen LogP contribution in [0.15, 0.2) is 76.7 Å². The first-order valence-electron chi connectivity index (χ1n) is 11.1. The van der Waals surface area contributed by atoms with Gasteiger partial charge in [0, 0.05) is 18.8 Å². The lowest BCUT2D eigenvalue weighted by Crippen LogP contribution is -2.32. The maximum absolute atomic E-state index is 13.2. The summed E-state index contributed by atoms with van der Waals surface area (Å²) in [7, 11) is 0. The van der Waals surface area contributed by atoms with E-state index in [2.05, 4.69) is 9.98 Å². The van der Waals surface area contributed by atoms with Crippen LogP contribution in [-0.2, 0) is 16.1 Å². The Hall–Kier alpha value is -4.33. The van der Waals surface area contributed by atoms with E-state index in [-0.39, 0.29) is 28.6 Å². The molecule has 1 amide bonds. The third kappa shape index (κ3) is 4.56. The minimum absolute atomic E-state index is 0.0408. The van der Waals surface area contributed by atoms with Crippen LogP contribution >= 0.6 is 0 Å². The number of hydrogen-bond donors (Lipinski definition) is 0. The summed E-state index contributed by atoms with van der Waals surface area (Å²) in [4.78, 5) is 47.7. The Bertz CT molecular complexity index is 1530. The van der Waals surface area contributed by atoms with Crippen molar-refractivity contribution in [2.75, 3.05) is 6.61 Å². The van der Waals surface area contributed by atoms with Crippen molar-refractivity contribution in [1.82, 2.24) is 14.0 Å². The molecule has 3 heterocycles. The van der Waals surface area contributed by atoms with Crippen molar-refractivity contribution in [2.45, 2.75) is 26.8 Å². The van der Waals surface area contributed by atoms with Crippen molar-refractivity contribution in [1.29, 1.82) is 0 Å². The van der Waals surface area contributed by atoms with Gasteiger partial charge in [-0.15, -0.1) is 0 Å². The molecule has 0 atom stereocenters. The molecular formula is C26H24N4O4. The predicted octanol–water partition coefficient (Wildman–Crippen LogP) is 3.38. The number of amides is 1. The fourth-order valence-corrected chi connectivity index (χ4v) is 3.67. The monoisotopic (exact) mass is 456 g/mol. The lowest BCUT2D eigenvalue weighted by molar-refractivity contribution is -0.113. The Labute approximate surface area is 195 Å². The third-order valence-electron chi connectivity index (χ3n) is 5.17. The lowest BCUT2D eigenvalue weighted by atomic mass is 10.2. The van der Waals surface area contributed by atoms with Gasteiger partial charge in [-0.25, -0.2) is 9.78 Å². The van der Waals surface area contributed by atoms with Crippen LogP contribution in [0, 0.1) is 0 Å². The summed E-state index contributed by atoms with van der Waals surface area (Å²) in [5.41, 5.74) is 1.48. The Morgan fingerprint density at radius 2 is 1.85 bits per heavy atom. The molecule has 0 aliphatic heterocycles. The van der Waals surface area contributed by atoms with Gasteiger partial charge in [0.05, 0.1) is 12.0 Å². The Kier molecular flexibility index (Phi) is 6.77. The van der Waals surface area contributed by atoms with Crippen LogP contribution in [0.5, 0.6) is 0 Å². The Morgan fingerprint density at radius 3 is 2.59 bits per heavy atom. The van der Waals surface area contributed by atoms with Crippen molar-refractivity contribution in [3.05, 3.63) is 93.8 Å². The van der Waals surface area contributed by atoms with E-state index >= 15 is 0 Å². The number of fused-ring (bicyclic) bond motifs is 2. The van der Waals surface area contributed by atoms with Gasteiger partial charge in [-0.2, -0.15) is 4.99 Å². The molecule has 0 aliphatic carbocycles. The number of nitrogens with zero attached hydrogens (tertiary/aromatic N) is 4. The summed E-state index contributed by atoms with van der Waals surface area (Å²) in [5.74, 6) is -1.21. The van der Waals surface area contributed by atoms with Crippen LogP contribution in [0.4, 0.5) is 0 Å². The van der Waals surface area contributed by atoms with Crippen LogP contribution < -0.4 is 11.0 Å². The van der Waals surface area contributed by atoms with Crippen LogP contribution in [0.1, 0.15) is 36.2 Å². The lowest BCUT2D eigenvalue weighted by Gasteiger charge is -2.14. The number of esters is 1. The molecule has 0 N–H and O–H groups in total. The Balaban J connectivity index is 2.01. The molecule has 4 rings (SSSR count).